The first kappa shape index (κ1) is 14.7. The average molecular weight is 278 g/mol. The van der Waals surface area contributed by atoms with E-state index in [0.717, 1.165) is 12.8 Å². The molecular weight excluding hydrogens is 256 g/mol. The summed E-state index contributed by atoms with van der Waals surface area (Å²) in [6.07, 6.45) is 2.13. The van der Waals surface area contributed by atoms with E-state index in [2.05, 4.69) is 20.6 Å². The van der Waals surface area contributed by atoms with Crippen molar-refractivity contribution in [3.05, 3.63) is 27.4 Å². The van der Waals surface area contributed by atoms with Crippen molar-refractivity contribution in [2.75, 3.05) is 0 Å². The van der Waals surface area contributed by atoms with Crippen LogP contribution in [-0.4, -0.2) is 28.0 Å². The zero-order valence-corrected chi connectivity index (χ0v) is 12.4. The monoisotopic (exact) mass is 278 g/mol. The molecule has 1 fully saturated rings. The predicted molar refractivity (Wildman–Crippen MR) is 76.5 cm³/mol. The third kappa shape index (κ3) is 3.45. The van der Waals surface area contributed by atoms with Crippen LogP contribution in [0.1, 0.15) is 49.8 Å². The van der Waals surface area contributed by atoms with Gasteiger partial charge in [-0.1, -0.05) is 0 Å². The molecule has 0 saturated heterocycles. The number of aromatic nitrogens is 2. The van der Waals surface area contributed by atoms with E-state index in [9.17, 15) is 9.59 Å². The molecule has 1 aliphatic rings. The highest BCUT2D eigenvalue weighted by molar-refractivity contribution is 5.81. The van der Waals surface area contributed by atoms with Gasteiger partial charge in [0.05, 0.1) is 11.6 Å². The molecule has 0 radical (unpaired) electrons. The van der Waals surface area contributed by atoms with Crippen LogP contribution in [0.2, 0.25) is 0 Å². The van der Waals surface area contributed by atoms with Gasteiger partial charge in [-0.15, -0.1) is 0 Å². The number of nitrogens with zero attached hydrogens (tertiary/aromatic N) is 1. The second-order valence-corrected chi connectivity index (χ2v) is 5.54. The fourth-order valence-electron chi connectivity index (χ4n) is 2.33. The maximum atomic E-state index is 12.0. The molecule has 110 valence electrons. The summed E-state index contributed by atoms with van der Waals surface area (Å²) in [7, 11) is 0. The fourth-order valence-corrected chi connectivity index (χ4v) is 2.33. The van der Waals surface area contributed by atoms with E-state index in [1.165, 1.54) is 0 Å². The molecule has 1 aromatic heterocycles. The first-order chi connectivity index (χ1) is 9.38. The molecule has 20 heavy (non-hydrogen) atoms. The first-order valence-corrected chi connectivity index (χ1v) is 7.02. The lowest BCUT2D eigenvalue weighted by Gasteiger charge is -2.20. The number of rotatable bonds is 5. The molecule has 1 heterocycles. The smallest absolute Gasteiger partial charge is 0.255 e. The van der Waals surface area contributed by atoms with Crippen LogP contribution in [0, 0.1) is 13.8 Å². The van der Waals surface area contributed by atoms with Crippen molar-refractivity contribution in [2.45, 2.75) is 58.7 Å². The Balaban J connectivity index is 2.05. The average Bonchev–Trinajstić information content (AvgIpc) is 3.11. The summed E-state index contributed by atoms with van der Waals surface area (Å²) in [6, 6.07) is -0.231. The molecule has 2 rings (SSSR count). The zero-order chi connectivity index (χ0) is 14.9. The van der Waals surface area contributed by atoms with Crippen LogP contribution >= 0.6 is 0 Å². The third-order valence-electron chi connectivity index (χ3n) is 3.51. The van der Waals surface area contributed by atoms with Gasteiger partial charge in [0.15, 0.2) is 0 Å². The Bertz CT molecular complexity index is 563. The second kappa shape index (κ2) is 5.75. The number of carbonyl (C=O) groups is 1. The molecule has 0 spiro atoms. The van der Waals surface area contributed by atoms with Gasteiger partial charge in [0.2, 0.25) is 5.91 Å². The van der Waals surface area contributed by atoms with Crippen LogP contribution in [0.4, 0.5) is 0 Å². The van der Waals surface area contributed by atoms with E-state index in [-0.39, 0.29) is 23.6 Å². The van der Waals surface area contributed by atoms with Crippen molar-refractivity contribution in [1.29, 1.82) is 0 Å². The Kier molecular flexibility index (Phi) is 4.23. The van der Waals surface area contributed by atoms with E-state index in [4.69, 9.17) is 0 Å². The van der Waals surface area contributed by atoms with E-state index in [1.54, 1.807) is 13.8 Å². The molecule has 1 aliphatic carbocycles. The predicted octanol–water partition coefficient (Wildman–Crippen LogP) is 0.704. The molecule has 1 saturated carbocycles. The van der Waals surface area contributed by atoms with Crippen molar-refractivity contribution in [3.8, 4) is 0 Å². The highest BCUT2D eigenvalue weighted by atomic mass is 16.2. The number of H-pyrrole nitrogens is 1. The van der Waals surface area contributed by atoms with Gasteiger partial charge < -0.3 is 10.3 Å². The van der Waals surface area contributed by atoms with Crippen molar-refractivity contribution < 1.29 is 4.79 Å². The van der Waals surface area contributed by atoms with E-state index in [0.29, 0.717) is 23.1 Å². The van der Waals surface area contributed by atoms with Gasteiger partial charge in [0.25, 0.3) is 5.56 Å². The summed E-state index contributed by atoms with van der Waals surface area (Å²) in [6.45, 7) is 7.24. The zero-order valence-electron chi connectivity index (χ0n) is 12.4. The number of aryl methyl sites for hydroxylation is 2. The highest BCUT2D eigenvalue weighted by Gasteiger charge is 2.26. The number of nitrogens with one attached hydrogen (secondary N) is 3. The highest BCUT2D eigenvalue weighted by Crippen LogP contribution is 2.19. The van der Waals surface area contributed by atoms with E-state index < -0.39 is 0 Å². The number of carbonyl (C=O) groups excluding carboxylic acids is 1. The Labute approximate surface area is 118 Å². The lowest BCUT2D eigenvalue weighted by Crippen LogP contribution is -2.44. The standard InChI is InChI=1S/C14H22N4O2/c1-7(12-8(2)16-10(4)17-14(12)20)15-9(3)13(19)18-11-5-6-11/h7,9,11,15H,5-6H2,1-4H3,(H,18,19)(H,16,17,20). The summed E-state index contributed by atoms with van der Waals surface area (Å²) >= 11 is 0. The first-order valence-electron chi connectivity index (χ1n) is 7.02. The van der Waals surface area contributed by atoms with Crippen molar-refractivity contribution >= 4 is 5.91 Å². The molecule has 0 bridgehead atoms. The van der Waals surface area contributed by atoms with Crippen molar-refractivity contribution in [1.82, 2.24) is 20.6 Å². The number of hydrogen-bond acceptors (Lipinski definition) is 4. The van der Waals surface area contributed by atoms with Crippen molar-refractivity contribution in [2.24, 2.45) is 0 Å². The Hall–Kier alpha value is -1.69. The molecule has 1 amide bonds. The van der Waals surface area contributed by atoms with Crippen LogP contribution in [0.3, 0.4) is 0 Å². The minimum absolute atomic E-state index is 0.0199. The van der Waals surface area contributed by atoms with Gasteiger partial charge in [-0.05, 0) is 40.5 Å². The van der Waals surface area contributed by atoms with Crippen LogP contribution in [-0.2, 0) is 4.79 Å². The normalized spacial score (nSPS) is 17.6. The SMILES string of the molecule is Cc1nc(C)c(C(C)NC(C)C(=O)NC2CC2)c(=O)[nH]1. The molecule has 3 N–H and O–H groups in total. The maximum Gasteiger partial charge on any atom is 0.255 e. The molecule has 2 atom stereocenters. The van der Waals surface area contributed by atoms with E-state index in [1.807, 2.05) is 13.8 Å². The Morgan fingerprint density at radius 2 is 2.00 bits per heavy atom. The minimum Gasteiger partial charge on any atom is -0.352 e. The van der Waals surface area contributed by atoms with Gasteiger partial charge in [0.1, 0.15) is 5.82 Å². The quantitative estimate of drug-likeness (QED) is 0.740. The lowest BCUT2D eigenvalue weighted by atomic mass is 10.1. The molecule has 0 aromatic carbocycles. The van der Waals surface area contributed by atoms with Gasteiger partial charge >= 0.3 is 0 Å². The molecule has 6 heteroatoms. The summed E-state index contributed by atoms with van der Waals surface area (Å²) in [5, 5.41) is 6.10. The topological polar surface area (TPSA) is 86.9 Å². The molecule has 6 nitrogen and oxygen atoms in total. The van der Waals surface area contributed by atoms with Gasteiger partial charge in [-0.3, -0.25) is 14.9 Å². The summed E-state index contributed by atoms with van der Waals surface area (Å²) in [4.78, 5) is 30.9. The molecular formula is C14H22N4O2. The van der Waals surface area contributed by atoms with Crippen LogP contribution in [0.25, 0.3) is 0 Å². The second-order valence-electron chi connectivity index (χ2n) is 5.54. The third-order valence-corrected chi connectivity index (χ3v) is 3.51. The van der Waals surface area contributed by atoms with Crippen LogP contribution < -0.4 is 16.2 Å². The molecule has 1 aromatic rings. The Morgan fingerprint density at radius 3 is 2.55 bits per heavy atom. The minimum atomic E-state index is -0.342. The molecule has 0 aliphatic heterocycles. The van der Waals surface area contributed by atoms with Gasteiger partial charge in [-0.2, -0.15) is 0 Å². The number of aromatic amines is 1. The van der Waals surface area contributed by atoms with E-state index >= 15 is 0 Å². The van der Waals surface area contributed by atoms with Crippen LogP contribution in [0.15, 0.2) is 4.79 Å². The van der Waals surface area contributed by atoms with Crippen LogP contribution in [0.5, 0.6) is 0 Å². The van der Waals surface area contributed by atoms with Crippen molar-refractivity contribution in [3.63, 3.8) is 0 Å². The Morgan fingerprint density at radius 1 is 1.35 bits per heavy atom. The maximum absolute atomic E-state index is 12.0. The fraction of sp³-hybridized carbons (Fsp3) is 0.643. The van der Waals surface area contributed by atoms with Gasteiger partial charge in [0, 0.05) is 17.8 Å². The number of hydrogen-bond donors (Lipinski definition) is 3. The largest absolute Gasteiger partial charge is 0.352 e. The lowest BCUT2D eigenvalue weighted by molar-refractivity contribution is -0.123. The summed E-state index contributed by atoms with van der Waals surface area (Å²) in [5.41, 5.74) is 1.13. The summed E-state index contributed by atoms with van der Waals surface area (Å²) < 4.78 is 0. The number of amides is 1. The van der Waals surface area contributed by atoms with Gasteiger partial charge in [-0.25, -0.2) is 4.98 Å². The molecule has 2 unspecified atom stereocenters. The summed E-state index contributed by atoms with van der Waals surface area (Å²) in [5.74, 6) is 0.580.